The van der Waals surface area contributed by atoms with Gasteiger partial charge < -0.3 is 10.1 Å². The van der Waals surface area contributed by atoms with Gasteiger partial charge in [-0.1, -0.05) is 52.8 Å². The average Bonchev–Trinajstić information content (AvgIpc) is 3.36. The van der Waals surface area contributed by atoms with Crippen molar-refractivity contribution in [3.05, 3.63) is 53.7 Å². The fraction of sp³-hybridized carbons (Fsp3) is 0.400. The fourth-order valence-electron chi connectivity index (χ4n) is 3.86. The highest BCUT2D eigenvalue weighted by Crippen LogP contribution is 2.32. The zero-order chi connectivity index (χ0) is 23.8. The number of urea groups is 1. The number of amides is 2. The lowest BCUT2D eigenvalue weighted by Crippen LogP contribution is -2.43. The third kappa shape index (κ3) is 4.79. The van der Waals surface area contributed by atoms with Crippen LogP contribution in [0.1, 0.15) is 45.7 Å². The number of carbonyl (C=O) groups excluding carboxylic acids is 2. The Morgan fingerprint density at radius 1 is 1.18 bits per heavy atom. The number of hydrazine groups is 1. The summed E-state index contributed by atoms with van der Waals surface area (Å²) in [6.45, 7) is 11.5. The first-order valence-corrected chi connectivity index (χ1v) is 11.3. The van der Waals surface area contributed by atoms with Crippen molar-refractivity contribution in [1.29, 1.82) is 0 Å². The minimum Gasteiger partial charge on any atom is -0.448 e. The van der Waals surface area contributed by atoms with Gasteiger partial charge in [0.2, 0.25) is 0 Å². The second-order valence-electron chi connectivity index (χ2n) is 9.83. The summed E-state index contributed by atoms with van der Waals surface area (Å²) in [6.07, 6.45) is 1.89. The molecule has 2 heterocycles. The van der Waals surface area contributed by atoms with Gasteiger partial charge in [0.1, 0.15) is 0 Å². The number of rotatable bonds is 4. The summed E-state index contributed by atoms with van der Waals surface area (Å²) < 4.78 is 6.50. The molecule has 3 aromatic rings. The van der Waals surface area contributed by atoms with Gasteiger partial charge in [-0.2, -0.15) is 9.78 Å². The first-order chi connectivity index (χ1) is 15.6. The minimum atomic E-state index is -0.538. The van der Waals surface area contributed by atoms with E-state index in [2.05, 4.69) is 54.8 Å². The van der Waals surface area contributed by atoms with E-state index in [1.165, 1.54) is 15.8 Å². The predicted molar refractivity (Wildman–Crippen MR) is 130 cm³/mol. The molecule has 33 heavy (non-hydrogen) atoms. The van der Waals surface area contributed by atoms with E-state index in [9.17, 15) is 9.59 Å². The molecule has 1 aliphatic heterocycles. The van der Waals surface area contributed by atoms with Crippen LogP contribution in [0.4, 0.5) is 21.0 Å². The van der Waals surface area contributed by atoms with Gasteiger partial charge in [0, 0.05) is 11.9 Å². The van der Waals surface area contributed by atoms with Crippen molar-refractivity contribution in [2.45, 2.75) is 46.5 Å². The largest absolute Gasteiger partial charge is 0.448 e. The quantitative estimate of drug-likeness (QED) is 0.580. The molecule has 0 radical (unpaired) electrons. The Labute approximate surface area is 193 Å². The van der Waals surface area contributed by atoms with Crippen LogP contribution >= 0.6 is 0 Å². The lowest BCUT2D eigenvalue weighted by Gasteiger charge is -2.23. The van der Waals surface area contributed by atoms with Crippen molar-refractivity contribution in [3.63, 3.8) is 0 Å². The van der Waals surface area contributed by atoms with E-state index in [1.807, 2.05) is 18.9 Å². The molecule has 174 valence electrons. The Morgan fingerprint density at radius 2 is 1.97 bits per heavy atom. The third-order valence-corrected chi connectivity index (χ3v) is 5.65. The molecule has 0 saturated heterocycles. The van der Waals surface area contributed by atoms with E-state index in [1.54, 1.807) is 24.4 Å². The molecule has 0 aliphatic carbocycles. The van der Waals surface area contributed by atoms with Crippen LogP contribution < -0.4 is 15.8 Å². The summed E-state index contributed by atoms with van der Waals surface area (Å²) in [5.41, 5.74) is 7.67. The van der Waals surface area contributed by atoms with Crippen molar-refractivity contribution in [2.75, 3.05) is 23.5 Å². The Kier molecular flexibility index (Phi) is 6.01. The fourth-order valence-corrected chi connectivity index (χ4v) is 3.86. The van der Waals surface area contributed by atoms with Crippen LogP contribution in [0.25, 0.3) is 10.9 Å². The zero-order valence-electron chi connectivity index (χ0n) is 19.8. The summed E-state index contributed by atoms with van der Waals surface area (Å²) in [5.74, 6) is 0.229. The van der Waals surface area contributed by atoms with E-state index in [-0.39, 0.29) is 17.4 Å². The van der Waals surface area contributed by atoms with Crippen LogP contribution in [0, 0.1) is 5.92 Å². The van der Waals surface area contributed by atoms with Crippen molar-refractivity contribution >= 4 is 34.4 Å². The summed E-state index contributed by atoms with van der Waals surface area (Å²) in [4.78, 5) is 25.1. The maximum absolute atomic E-state index is 12.8. The molecule has 0 bridgehead atoms. The number of hydrogen-bond donors (Lipinski definition) is 2. The molecule has 0 fully saturated rings. The smallest absolute Gasteiger partial charge is 0.435 e. The Morgan fingerprint density at radius 3 is 2.70 bits per heavy atom. The third-order valence-electron chi connectivity index (χ3n) is 5.65. The maximum Gasteiger partial charge on any atom is 0.435 e. The Balaban J connectivity index is 1.47. The number of fused-ring (bicyclic) bond motifs is 2. The molecule has 2 aromatic carbocycles. The monoisotopic (exact) mass is 449 g/mol. The number of anilines is 2. The average molecular weight is 450 g/mol. The van der Waals surface area contributed by atoms with Crippen LogP contribution in [0.2, 0.25) is 0 Å². The zero-order valence-corrected chi connectivity index (χ0v) is 19.8. The van der Waals surface area contributed by atoms with Crippen LogP contribution in [0.3, 0.4) is 0 Å². The van der Waals surface area contributed by atoms with Crippen molar-refractivity contribution in [3.8, 4) is 0 Å². The van der Waals surface area contributed by atoms with E-state index < -0.39 is 6.09 Å². The highest BCUT2D eigenvalue weighted by Gasteiger charge is 2.24. The number of aromatic nitrogens is 2. The molecular formula is C25H31N5O3. The van der Waals surface area contributed by atoms with Gasteiger partial charge in [0.25, 0.3) is 0 Å². The molecule has 0 saturated carbocycles. The lowest BCUT2D eigenvalue weighted by molar-refractivity contribution is 0.132. The number of nitrogens with one attached hydrogen (secondary N) is 2. The Bertz CT molecular complexity index is 1190. The van der Waals surface area contributed by atoms with Gasteiger partial charge in [-0.25, -0.2) is 15.0 Å². The number of hydrogen-bond acceptors (Lipinski definition) is 5. The molecule has 8 heteroatoms. The van der Waals surface area contributed by atoms with E-state index in [4.69, 9.17) is 4.74 Å². The van der Waals surface area contributed by atoms with Gasteiger partial charge in [-0.15, -0.1) is 0 Å². The molecular weight excluding hydrogens is 418 g/mol. The summed E-state index contributed by atoms with van der Waals surface area (Å²) in [7, 11) is 0. The molecule has 1 aliphatic rings. The SMILES string of the molecule is CC(C)COC(=O)n1ncc2c(NC(=O)NN3CCc4cc(C(C)(C)C)ccc43)cccc21. The van der Waals surface area contributed by atoms with Gasteiger partial charge in [-0.05, 0) is 47.1 Å². The van der Waals surface area contributed by atoms with Gasteiger partial charge >= 0.3 is 12.1 Å². The van der Waals surface area contributed by atoms with E-state index >= 15 is 0 Å². The van der Waals surface area contributed by atoms with Gasteiger partial charge in [0.05, 0.1) is 29.7 Å². The standard InChI is InChI=1S/C25H31N5O3/c1-16(2)15-33-24(32)30-22-8-6-7-20(19(22)14-26-30)27-23(31)28-29-12-11-17-13-18(25(3,4)5)9-10-21(17)29/h6-10,13-14,16H,11-12,15H2,1-5H3,(H2,27,28,31). The molecule has 0 atom stereocenters. The van der Waals surface area contributed by atoms with Gasteiger partial charge in [0.15, 0.2) is 0 Å². The summed E-state index contributed by atoms with van der Waals surface area (Å²) >= 11 is 0. The van der Waals surface area contributed by atoms with Crippen molar-refractivity contribution in [2.24, 2.45) is 5.92 Å². The number of benzene rings is 2. The molecule has 0 unspecified atom stereocenters. The molecule has 8 nitrogen and oxygen atoms in total. The maximum atomic E-state index is 12.8. The summed E-state index contributed by atoms with van der Waals surface area (Å²) in [5, 5.41) is 9.57. The van der Waals surface area contributed by atoms with E-state index in [0.717, 1.165) is 12.1 Å². The highest BCUT2D eigenvalue weighted by atomic mass is 16.6. The van der Waals surface area contributed by atoms with Crippen LogP contribution in [-0.4, -0.2) is 35.1 Å². The van der Waals surface area contributed by atoms with Crippen LogP contribution in [0.5, 0.6) is 0 Å². The summed E-state index contributed by atoms with van der Waals surface area (Å²) in [6, 6.07) is 11.4. The lowest BCUT2D eigenvalue weighted by atomic mass is 9.86. The first kappa shape index (κ1) is 22.6. The topological polar surface area (TPSA) is 88.5 Å². The van der Waals surface area contributed by atoms with Gasteiger partial charge in [-0.3, -0.25) is 5.01 Å². The highest BCUT2D eigenvalue weighted by molar-refractivity contribution is 6.02. The molecule has 4 rings (SSSR count). The predicted octanol–water partition coefficient (Wildman–Crippen LogP) is 5.07. The molecule has 0 spiro atoms. The van der Waals surface area contributed by atoms with E-state index in [0.29, 0.717) is 29.7 Å². The van der Waals surface area contributed by atoms with Crippen molar-refractivity contribution in [1.82, 2.24) is 15.2 Å². The van der Waals surface area contributed by atoms with Crippen LogP contribution in [-0.2, 0) is 16.6 Å². The molecule has 1 aromatic heterocycles. The molecule has 2 N–H and O–H groups in total. The normalized spacial score (nSPS) is 13.3. The Hall–Kier alpha value is -3.55. The second-order valence-corrected chi connectivity index (χ2v) is 9.83. The van der Waals surface area contributed by atoms with Crippen LogP contribution in [0.15, 0.2) is 42.6 Å². The van der Waals surface area contributed by atoms with Crippen molar-refractivity contribution < 1.29 is 14.3 Å². The minimum absolute atomic E-state index is 0.0809. The second kappa shape index (κ2) is 8.77. The number of nitrogens with zero attached hydrogens (tertiary/aromatic N) is 3. The first-order valence-electron chi connectivity index (χ1n) is 11.3. The molecule has 2 amide bonds. The number of ether oxygens (including phenoxy) is 1. The number of carbonyl (C=O) groups is 2.